The molecule has 4 heteroatoms. The van der Waals surface area contributed by atoms with Crippen LogP contribution >= 0.6 is 0 Å². The van der Waals surface area contributed by atoms with Gasteiger partial charge in [-0.2, -0.15) is 0 Å². The van der Waals surface area contributed by atoms with Crippen LogP contribution in [0.5, 0.6) is 5.75 Å². The molecule has 0 bridgehead atoms. The van der Waals surface area contributed by atoms with Gasteiger partial charge < -0.3 is 18.9 Å². The van der Waals surface area contributed by atoms with E-state index in [1.54, 1.807) is 0 Å². The molecule has 0 saturated carbocycles. The Balaban J connectivity index is 1.18. The average Bonchev–Trinajstić information content (AvgIpc) is 3.55. The highest BCUT2D eigenvalue weighted by molar-refractivity contribution is 6.09. The van der Waals surface area contributed by atoms with Crippen molar-refractivity contribution >= 4 is 49.6 Å². The van der Waals surface area contributed by atoms with E-state index < -0.39 is 0 Å². The molecule has 4 nitrogen and oxygen atoms in total. The lowest BCUT2D eigenvalue weighted by Gasteiger charge is -2.30. The maximum Gasteiger partial charge on any atom is 0.125 e. The van der Waals surface area contributed by atoms with Crippen molar-refractivity contribution in [1.82, 2.24) is 4.57 Å². The van der Waals surface area contributed by atoms with Gasteiger partial charge in [0.2, 0.25) is 0 Å². The minimum Gasteiger partial charge on any atom is -0.491 e. The van der Waals surface area contributed by atoms with Crippen molar-refractivity contribution < 1.29 is 9.47 Å². The molecular formula is C52H40N2O2. The van der Waals surface area contributed by atoms with Crippen LogP contribution in [-0.2, 0) is 16.8 Å². The van der Waals surface area contributed by atoms with Gasteiger partial charge in [-0.3, -0.25) is 0 Å². The standard InChI is InChI=1S/C52H40N2O2/c1-52(2)46-19-8-5-18-44(46)51-45(36-22-23-37-33-55-26-27-56-50(37)29-36)31-41(32-47(51)52)53(40-25-24-34-12-3-4-13-35(34)28-40)38-14-11-15-39(30-38)54-48-20-9-6-16-42(48)43-17-7-10-21-49(43)54/h3-25,28-32H,26-27,33H2,1-2H3. The summed E-state index contributed by atoms with van der Waals surface area (Å²) in [6, 6.07) is 62.3. The second-order valence-electron chi connectivity index (χ2n) is 15.6. The molecule has 0 fully saturated rings. The van der Waals surface area contributed by atoms with E-state index in [0.717, 1.165) is 39.6 Å². The number of aromatic nitrogens is 1. The first-order valence-corrected chi connectivity index (χ1v) is 19.5. The van der Waals surface area contributed by atoms with Crippen LogP contribution in [0.4, 0.5) is 17.1 Å². The van der Waals surface area contributed by atoms with Gasteiger partial charge in [-0.25, -0.2) is 0 Å². The SMILES string of the molecule is CC1(C)c2ccccc2-c2c(-c3ccc4c(c3)OCCOC4)cc(N(c3cccc(-n4c5ccccc5c5ccccc54)c3)c3ccc4ccccc4c3)cc21. The lowest BCUT2D eigenvalue weighted by Crippen LogP contribution is -2.17. The van der Waals surface area contributed by atoms with E-state index in [1.165, 1.54) is 60.4 Å². The summed E-state index contributed by atoms with van der Waals surface area (Å²) in [5.74, 6) is 0.898. The molecule has 0 unspecified atom stereocenters. The molecule has 2 heterocycles. The Morgan fingerprint density at radius 3 is 2.11 bits per heavy atom. The van der Waals surface area contributed by atoms with E-state index in [9.17, 15) is 0 Å². The molecule has 1 aromatic heterocycles. The molecule has 1 aliphatic carbocycles. The summed E-state index contributed by atoms with van der Waals surface area (Å²) in [7, 11) is 0. The molecule has 0 saturated heterocycles. The first kappa shape index (κ1) is 32.8. The summed E-state index contributed by atoms with van der Waals surface area (Å²) in [5.41, 5.74) is 15.2. The average molecular weight is 725 g/mol. The molecular weight excluding hydrogens is 685 g/mol. The number of ether oxygens (including phenoxy) is 2. The summed E-state index contributed by atoms with van der Waals surface area (Å²) in [4.78, 5) is 2.44. The quantitative estimate of drug-likeness (QED) is 0.177. The van der Waals surface area contributed by atoms with Gasteiger partial charge >= 0.3 is 0 Å². The second-order valence-corrected chi connectivity index (χ2v) is 15.6. The number of para-hydroxylation sites is 2. The van der Waals surface area contributed by atoms with Gasteiger partial charge in [0, 0.05) is 44.5 Å². The lowest BCUT2D eigenvalue weighted by molar-refractivity contribution is 0.107. The fraction of sp³-hybridized carbons (Fsp3) is 0.115. The van der Waals surface area contributed by atoms with Gasteiger partial charge in [-0.1, -0.05) is 123 Å². The van der Waals surface area contributed by atoms with E-state index in [4.69, 9.17) is 9.47 Å². The first-order valence-electron chi connectivity index (χ1n) is 19.5. The predicted molar refractivity (Wildman–Crippen MR) is 231 cm³/mol. The van der Waals surface area contributed by atoms with Crippen LogP contribution in [0.3, 0.4) is 0 Å². The Hall–Kier alpha value is -6.62. The molecule has 56 heavy (non-hydrogen) atoms. The van der Waals surface area contributed by atoms with Gasteiger partial charge in [-0.05, 0) is 105 Å². The van der Waals surface area contributed by atoms with E-state index in [-0.39, 0.29) is 5.41 Å². The van der Waals surface area contributed by atoms with Crippen LogP contribution in [0, 0.1) is 0 Å². The lowest BCUT2D eigenvalue weighted by atomic mass is 9.81. The maximum absolute atomic E-state index is 6.27. The normalized spacial score (nSPS) is 14.2. The molecule has 0 spiro atoms. The van der Waals surface area contributed by atoms with Crippen LogP contribution in [0.2, 0.25) is 0 Å². The van der Waals surface area contributed by atoms with Crippen molar-refractivity contribution in [3.8, 4) is 33.7 Å². The monoisotopic (exact) mass is 724 g/mol. The molecule has 2 aliphatic rings. The maximum atomic E-state index is 6.27. The van der Waals surface area contributed by atoms with Crippen molar-refractivity contribution in [1.29, 1.82) is 0 Å². The van der Waals surface area contributed by atoms with Crippen LogP contribution in [0.1, 0.15) is 30.5 Å². The minimum atomic E-state index is -0.216. The van der Waals surface area contributed by atoms with Crippen molar-refractivity contribution in [2.45, 2.75) is 25.9 Å². The van der Waals surface area contributed by atoms with E-state index in [2.05, 4.69) is 193 Å². The predicted octanol–water partition coefficient (Wildman–Crippen LogP) is 13.3. The molecule has 0 amide bonds. The second kappa shape index (κ2) is 12.7. The number of hydrogen-bond acceptors (Lipinski definition) is 3. The molecule has 0 radical (unpaired) electrons. The molecule has 0 atom stereocenters. The van der Waals surface area contributed by atoms with Crippen LogP contribution < -0.4 is 9.64 Å². The molecule has 270 valence electrons. The Morgan fingerprint density at radius 1 is 0.536 bits per heavy atom. The van der Waals surface area contributed by atoms with Crippen LogP contribution in [0.15, 0.2) is 170 Å². The Kier molecular flexibility index (Phi) is 7.45. The number of rotatable bonds is 5. The molecule has 11 rings (SSSR count). The Labute approximate surface area is 326 Å². The molecule has 0 N–H and O–H groups in total. The minimum absolute atomic E-state index is 0.216. The number of anilines is 3. The fourth-order valence-electron chi connectivity index (χ4n) is 9.26. The Morgan fingerprint density at radius 2 is 1.27 bits per heavy atom. The van der Waals surface area contributed by atoms with Crippen LogP contribution in [-0.4, -0.2) is 17.8 Å². The number of hydrogen-bond donors (Lipinski definition) is 0. The molecule has 9 aromatic rings. The fourth-order valence-corrected chi connectivity index (χ4v) is 9.26. The zero-order chi connectivity index (χ0) is 37.4. The summed E-state index contributed by atoms with van der Waals surface area (Å²) in [6.07, 6.45) is 0. The van der Waals surface area contributed by atoms with Gasteiger partial charge in [0.25, 0.3) is 0 Å². The zero-order valence-electron chi connectivity index (χ0n) is 31.5. The van der Waals surface area contributed by atoms with E-state index in [1.807, 2.05) is 0 Å². The highest BCUT2D eigenvalue weighted by Crippen LogP contribution is 2.55. The zero-order valence-corrected chi connectivity index (χ0v) is 31.5. The summed E-state index contributed by atoms with van der Waals surface area (Å²) >= 11 is 0. The first-order chi connectivity index (χ1) is 27.5. The molecule has 8 aromatic carbocycles. The van der Waals surface area contributed by atoms with Gasteiger partial charge in [0.1, 0.15) is 12.4 Å². The number of benzene rings is 8. The topological polar surface area (TPSA) is 26.6 Å². The highest BCUT2D eigenvalue weighted by Gasteiger charge is 2.38. The third-order valence-corrected chi connectivity index (χ3v) is 12.0. The van der Waals surface area contributed by atoms with Gasteiger partial charge in [0.15, 0.2) is 0 Å². The third-order valence-electron chi connectivity index (χ3n) is 12.0. The number of nitrogens with zero attached hydrogens (tertiary/aromatic N) is 2. The van der Waals surface area contributed by atoms with Gasteiger partial charge in [0.05, 0.1) is 24.2 Å². The molecule has 1 aliphatic heterocycles. The largest absolute Gasteiger partial charge is 0.491 e. The summed E-state index contributed by atoms with van der Waals surface area (Å²) in [5, 5.41) is 4.92. The van der Waals surface area contributed by atoms with E-state index >= 15 is 0 Å². The third kappa shape index (κ3) is 5.10. The van der Waals surface area contributed by atoms with Crippen molar-refractivity contribution in [3.05, 3.63) is 187 Å². The Bertz CT molecular complexity index is 2960. The highest BCUT2D eigenvalue weighted by atomic mass is 16.5. The summed E-state index contributed by atoms with van der Waals surface area (Å²) in [6.45, 7) is 6.42. The van der Waals surface area contributed by atoms with Crippen molar-refractivity contribution in [3.63, 3.8) is 0 Å². The smallest absolute Gasteiger partial charge is 0.125 e. The van der Waals surface area contributed by atoms with Crippen LogP contribution in [0.25, 0.3) is 60.5 Å². The van der Waals surface area contributed by atoms with Gasteiger partial charge in [-0.15, -0.1) is 0 Å². The summed E-state index contributed by atoms with van der Waals surface area (Å²) < 4.78 is 14.5. The number of fused-ring (bicyclic) bond motifs is 8. The van der Waals surface area contributed by atoms with Crippen molar-refractivity contribution in [2.24, 2.45) is 0 Å². The van der Waals surface area contributed by atoms with Crippen molar-refractivity contribution in [2.75, 3.05) is 18.1 Å². The van der Waals surface area contributed by atoms with E-state index in [0.29, 0.717) is 19.8 Å².